The predicted octanol–water partition coefficient (Wildman–Crippen LogP) is 2.57. The number of H-pyrrole nitrogens is 1. The Morgan fingerprint density at radius 2 is 2.00 bits per heavy atom. The second kappa shape index (κ2) is 8.92. The van der Waals surface area contributed by atoms with Gasteiger partial charge >= 0.3 is 5.69 Å². The van der Waals surface area contributed by atoms with E-state index >= 15 is 0 Å². The third-order valence-corrected chi connectivity index (χ3v) is 6.04. The van der Waals surface area contributed by atoms with Gasteiger partial charge in [-0.3, -0.25) is 4.98 Å². The summed E-state index contributed by atoms with van der Waals surface area (Å²) in [5.41, 5.74) is 0.569. The van der Waals surface area contributed by atoms with Crippen LogP contribution in [0.25, 0.3) is 5.69 Å². The Labute approximate surface area is 165 Å². The molecule has 152 valence electrons. The summed E-state index contributed by atoms with van der Waals surface area (Å²) in [5, 5.41) is 4.61. The SMILES string of the molecule is COc1ccc(-n2nc(C3CCCN(CCC4CCOCC4)C3)[nH]c2=O)cc1. The largest absolute Gasteiger partial charge is 0.497 e. The number of benzene rings is 1. The van der Waals surface area contributed by atoms with Crippen molar-refractivity contribution in [2.24, 2.45) is 5.92 Å². The van der Waals surface area contributed by atoms with Gasteiger partial charge in [-0.1, -0.05) is 0 Å². The van der Waals surface area contributed by atoms with Gasteiger partial charge in [-0.15, -0.1) is 5.10 Å². The van der Waals surface area contributed by atoms with Crippen molar-refractivity contribution in [2.75, 3.05) is 40.0 Å². The maximum Gasteiger partial charge on any atom is 0.348 e. The highest BCUT2D eigenvalue weighted by molar-refractivity contribution is 5.36. The molecule has 1 aromatic carbocycles. The summed E-state index contributed by atoms with van der Waals surface area (Å²) in [6.07, 6.45) is 5.85. The number of aromatic nitrogens is 3. The number of rotatable bonds is 6. The zero-order valence-corrected chi connectivity index (χ0v) is 16.6. The summed E-state index contributed by atoms with van der Waals surface area (Å²) in [4.78, 5) is 18.0. The molecule has 1 N–H and O–H groups in total. The zero-order chi connectivity index (χ0) is 19.3. The Kier molecular flexibility index (Phi) is 6.12. The third kappa shape index (κ3) is 4.47. The molecule has 4 rings (SSSR count). The molecule has 2 aliphatic heterocycles. The lowest BCUT2D eigenvalue weighted by Crippen LogP contribution is -2.36. The lowest BCUT2D eigenvalue weighted by atomic mass is 9.94. The minimum absolute atomic E-state index is 0.181. The van der Waals surface area contributed by atoms with Crippen LogP contribution in [0, 0.1) is 5.92 Å². The van der Waals surface area contributed by atoms with Gasteiger partial charge in [-0.05, 0) is 75.4 Å². The van der Waals surface area contributed by atoms with Gasteiger partial charge in [0.1, 0.15) is 11.6 Å². The number of hydrogen-bond donors (Lipinski definition) is 1. The van der Waals surface area contributed by atoms with Crippen LogP contribution in [-0.2, 0) is 4.74 Å². The topological polar surface area (TPSA) is 72.4 Å². The van der Waals surface area contributed by atoms with Crippen LogP contribution in [0.15, 0.2) is 29.1 Å². The van der Waals surface area contributed by atoms with E-state index in [0.717, 1.165) is 68.9 Å². The first-order valence-corrected chi connectivity index (χ1v) is 10.4. The molecule has 0 saturated carbocycles. The van der Waals surface area contributed by atoms with Gasteiger partial charge in [0.25, 0.3) is 0 Å². The summed E-state index contributed by atoms with van der Waals surface area (Å²) < 4.78 is 12.1. The molecule has 0 aliphatic carbocycles. The number of hydrogen-bond acceptors (Lipinski definition) is 5. The molecule has 2 aromatic rings. The van der Waals surface area contributed by atoms with Crippen molar-refractivity contribution in [1.29, 1.82) is 0 Å². The average Bonchev–Trinajstić information content (AvgIpc) is 3.15. The Morgan fingerprint density at radius 3 is 2.75 bits per heavy atom. The lowest BCUT2D eigenvalue weighted by molar-refractivity contribution is 0.0586. The Bertz CT molecular complexity index is 808. The molecule has 1 atom stereocenters. The summed E-state index contributed by atoms with van der Waals surface area (Å²) in [6, 6.07) is 7.39. The summed E-state index contributed by atoms with van der Waals surface area (Å²) in [6.45, 7) is 5.07. The second-order valence-corrected chi connectivity index (χ2v) is 7.91. The minimum Gasteiger partial charge on any atom is -0.497 e. The van der Waals surface area contributed by atoms with Crippen molar-refractivity contribution in [1.82, 2.24) is 19.7 Å². The van der Waals surface area contributed by atoms with Crippen LogP contribution < -0.4 is 10.4 Å². The van der Waals surface area contributed by atoms with Crippen LogP contribution in [0.3, 0.4) is 0 Å². The standard InChI is InChI=1S/C21H30N4O3/c1-27-19-6-4-18(5-7-19)25-21(26)22-20(23-25)17-3-2-11-24(15-17)12-8-16-9-13-28-14-10-16/h4-7,16-17H,2-3,8-15H2,1H3,(H,22,23,26). The molecule has 2 saturated heterocycles. The number of nitrogens with zero attached hydrogens (tertiary/aromatic N) is 3. The summed E-state index contributed by atoms with van der Waals surface area (Å²) in [5.74, 6) is 2.65. The van der Waals surface area contributed by atoms with Gasteiger partial charge in [0.05, 0.1) is 12.8 Å². The van der Waals surface area contributed by atoms with Crippen molar-refractivity contribution in [3.8, 4) is 11.4 Å². The molecule has 1 unspecified atom stereocenters. The highest BCUT2D eigenvalue weighted by Crippen LogP contribution is 2.26. The molecule has 7 heteroatoms. The van der Waals surface area contributed by atoms with E-state index < -0.39 is 0 Å². The third-order valence-electron chi connectivity index (χ3n) is 6.04. The normalized spacial score (nSPS) is 21.7. The van der Waals surface area contributed by atoms with Gasteiger partial charge in [0, 0.05) is 25.7 Å². The van der Waals surface area contributed by atoms with Crippen LogP contribution in [0.2, 0.25) is 0 Å². The first-order chi connectivity index (χ1) is 13.7. The Hall–Kier alpha value is -2.12. The monoisotopic (exact) mass is 386 g/mol. The van der Waals surface area contributed by atoms with Gasteiger partial charge in [0.2, 0.25) is 0 Å². The molecule has 1 aromatic heterocycles. The average molecular weight is 386 g/mol. The van der Waals surface area contributed by atoms with E-state index in [1.807, 2.05) is 24.3 Å². The molecule has 2 aliphatic rings. The molecule has 3 heterocycles. The van der Waals surface area contributed by atoms with E-state index in [2.05, 4.69) is 15.0 Å². The Balaban J connectivity index is 1.40. The van der Waals surface area contributed by atoms with Crippen molar-refractivity contribution in [3.05, 3.63) is 40.6 Å². The fourth-order valence-corrected chi connectivity index (χ4v) is 4.30. The number of ether oxygens (including phenoxy) is 2. The van der Waals surface area contributed by atoms with Crippen LogP contribution in [0.5, 0.6) is 5.75 Å². The van der Waals surface area contributed by atoms with E-state index in [9.17, 15) is 4.79 Å². The lowest BCUT2D eigenvalue weighted by Gasteiger charge is -2.33. The molecule has 0 spiro atoms. The predicted molar refractivity (Wildman–Crippen MR) is 107 cm³/mol. The first-order valence-electron chi connectivity index (χ1n) is 10.4. The van der Waals surface area contributed by atoms with Crippen molar-refractivity contribution in [3.63, 3.8) is 0 Å². The summed E-state index contributed by atoms with van der Waals surface area (Å²) >= 11 is 0. The molecule has 0 amide bonds. The summed E-state index contributed by atoms with van der Waals surface area (Å²) in [7, 11) is 1.63. The quantitative estimate of drug-likeness (QED) is 0.826. The van der Waals surface area contributed by atoms with E-state index in [4.69, 9.17) is 9.47 Å². The highest BCUT2D eigenvalue weighted by atomic mass is 16.5. The van der Waals surface area contributed by atoms with E-state index in [1.165, 1.54) is 23.9 Å². The number of nitrogens with one attached hydrogen (secondary N) is 1. The molecular weight excluding hydrogens is 356 g/mol. The molecule has 28 heavy (non-hydrogen) atoms. The van der Waals surface area contributed by atoms with Crippen LogP contribution in [-0.4, -0.2) is 59.6 Å². The smallest absolute Gasteiger partial charge is 0.348 e. The van der Waals surface area contributed by atoms with E-state index in [0.29, 0.717) is 0 Å². The number of aromatic amines is 1. The van der Waals surface area contributed by atoms with Crippen LogP contribution >= 0.6 is 0 Å². The van der Waals surface area contributed by atoms with Crippen molar-refractivity contribution >= 4 is 0 Å². The van der Waals surface area contributed by atoms with Gasteiger partial charge < -0.3 is 14.4 Å². The fraction of sp³-hybridized carbons (Fsp3) is 0.619. The maximum absolute atomic E-state index is 12.4. The Morgan fingerprint density at radius 1 is 1.21 bits per heavy atom. The van der Waals surface area contributed by atoms with E-state index in [1.54, 1.807) is 7.11 Å². The van der Waals surface area contributed by atoms with Gasteiger partial charge in [-0.2, -0.15) is 4.68 Å². The zero-order valence-electron chi connectivity index (χ0n) is 16.6. The van der Waals surface area contributed by atoms with Gasteiger partial charge in [-0.25, -0.2) is 4.79 Å². The fourth-order valence-electron chi connectivity index (χ4n) is 4.30. The second-order valence-electron chi connectivity index (χ2n) is 7.91. The van der Waals surface area contributed by atoms with Crippen molar-refractivity contribution < 1.29 is 9.47 Å². The molecule has 0 bridgehead atoms. The maximum atomic E-state index is 12.4. The molecular formula is C21H30N4O3. The highest BCUT2D eigenvalue weighted by Gasteiger charge is 2.25. The van der Waals surface area contributed by atoms with Crippen LogP contribution in [0.4, 0.5) is 0 Å². The number of piperidine rings is 1. The molecule has 0 radical (unpaired) electrons. The van der Waals surface area contributed by atoms with Crippen LogP contribution in [0.1, 0.15) is 43.8 Å². The van der Waals surface area contributed by atoms with E-state index in [-0.39, 0.29) is 11.6 Å². The number of methoxy groups -OCH3 is 1. The van der Waals surface area contributed by atoms with Gasteiger partial charge in [0.15, 0.2) is 0 Å². The molecule has 2 fully saturated rings. The van der Waals surface area contributed by atoms with Crippen molar-refractivity contribution in [2.45, 2.75) is 38.0 Å². The number of likely N-dealkylation sites (tertiary alicyclic amines) is 1. The molecule has 7 nitrogen and oxygen atoms in total. The first kappa shape index (κ1) is 19.2. The minimum atomic E-state index is -0.181.